The van der Waals surface area contributed by atoms with Gasteiger partial charge in [0.15, 0.2) is 6.23 Å². The lowest BCUT2D eigenvalue weighted by Gasteiger charge is -2.26. The molecule has 0 aliphatic carbocycles. The van der Waals surface area contributed by atoms with Gasteiger partial charge < -0.3 is 19.1 Å². The second kappa shape index (κ2) is 7.48. The zero-order valence-corrected chi connectivity index (χ0v) is 10.6. The standard InChI is InChI=1S/C12H21N3O3/c16-10-12(15-4-2-13-11-15)18-7-1-3-14-5-8-17-9-6-14/h2,4,11-12,16H,1,3,5-10H2. The smallest absolute Gasteiger partial charge is 0.157 e. The molecule has 1 atom stereocenters. The van der Waals surface area contributed by atoms with Gasteiger partial charge in [-0.25, -0.2) is 4.98 Å². The van der Waals surface area contributed by atoms with Crippen LogP contribution in [0.15, 0.2) is 18.7 Å². The minimum Gasteiger partial charge on any atom is -0.392 e. The topological polar surface area (TPSA) is 59.8 Å². The van der Waals surface area contributed by atoms with Gasteiger partial charge in [-0.15, -0.1) is 0 Å². The lowest BCUT2D eigenvalue weighted by molar-refractivity contribution is -0.0397. The summed E-state index contributed by atoms with van der Waals surface area (Å²) in [5.74, 6) is 0. The average Bonchev–Trinajstić information content (AvgIpc) is 2.94. The minimum absolute atomic E-state index is 0.0338. The first-order valence-electron chi connectivity index (χ1n) is 6.40. The lowest BCUT2D eigenvalue weighted by Crippen LogP contribution is -2.37. The van der Waals surface area contributed by atoms with Crippen molar-refractivity contribution in [2.75, 3.05) is 46.1 Å². The summed E-state index contributed by atoms with van der Waals surface area (Å²) in [4.78, 5) is 6.32. The third-order valence-electron chi connectivity index (χ3n) is 3.05. The molecule has 1 unspecified atom stereocenters. The van der Waals surface area contributed by atoms with E-state index in [9.17, 15) is 5.11 Å². The first-order valence-corrected chi connectivity index (χ1v) is 6.40. The third-order valence-corrected chi connectivity index (χ3v) is 3.05. The van der Waals surface area contributed by atoms with Crippen molar-refractivity contribution in [3.05, 3.63) is 18.7 Å². The van der Waals surface area contributed by atoms with E-state index in [1.54, 1.807) is 23.3 Å². The highest BCUT2D eigenvalue weighted by Gasteiger charge is 2.11. The van der Waals surface area contributed by atoms with E-state index in [2.05, 4.69) is 9.88 Å². The second-order valence-corrected chi connectivity index (χ2v) is 4.33. The Morgan fingerprint density at radius 2 is 2.22 bits per heavy atom. The molecule has 0 spiro atoms. The summed E-state index contributed by atoms with van der Waals surface area (Å²) in [6.45, 7) is 5.29. The Balaban J connectivity index is 1.61. The number of rotatable bonds is 7. The summed E-state index contributed by atoms with van der Waals surface area (Å²) in [5.41, 5.74) is 0. The van der Waals surface area contributed by atoms with Crippen LogP contribution in [-0.4, -0.2) is 65.6 Å². The Morgan fingerprint density at radius 3 is 2.89 bits per heavy atom. The van der Waals surface area contributed by atoms with E-state index >= 15 is 0 Å². The predicted octanol–water partition coefficient (Wildman–Crippen LogP) is 0.113. The van der Waals surface area contributed by atoms with Gasteiger partial charge in [0.1, 0.15) is 0 Å². The molecule has 1 aliphatic rings. The zero-order valence-electron chi connectivity index (χ0n) is 10.6. The maximum atomic E-state index is 9.25. The van der Waals surface area contributed by atoms with Crippen molar-refractivity contribution >= 4 is 0 Å². The number of hydrogen-bond acceptors (Lipinski definition) is 5. The van der Waals surface area contributed by atoms with Gasteiger partial charge in [0.25, 0.3) is 0 Å². The summed E-state index contributed by atoms with van der Waals surface area (Å²) in [6, 6.07) is 0. The van der Waals surface area contributed by atoms with Gasteiger partial charge >= 0.3 is 0 Å². The van der Waals surface area contributed by atoms with E-state index in [0.29, 0.717) is 6.61 Å². The van der Waals surface area contributed by atoms with Crippen molar-refractivity contribution < 1.29 is 14.6 Å². The highest BCUT2D eigenvalue weighted by molar-refractivity contribution is 4.76. The molecule has 0 aromatic carbocycles. The maximum Gasteiger partial charge on any atom is 0.157 e. The molecule has 6 heteroatoms. The highest BCUT2D eigenvalue weighted by Crippen LogP contribution is 2.07. The molecular formula is C12H21N3O3. The normalized spacial score (nSPS) is 18.9. The molecule has 2 heterocycles. The summed E-state index contributed by atoms with van der Waals surface area (Å²) in [7, 11) is 0. The number of aliphatic hydroxyl groups is 1. The van der Waals surface area contributed by atoms with Crippen molar-refractivity contribution in [2.24, 2.45) is 0 Å². The van der Waals surface area contributed by atoms with Crippen LogP contribution in [0.25, 0.3) is 0 Å². The number of hydrogen-bond donors (Lipinski definition) is 1. The molecule has 6 nitrogen and oxygen atoms in total. The Labute approximate surface area is 107 Å². The number of aliphatic hydroxyl groups excluding tert-OH is 1. The van der Waals surface area contributed by atoms with Crippen LogP contribution in [0.4, 0.5) is 0 Å². The largest absolute Gasteiger partial charge is 0.392 e. The van der Waals surface area contributed by atoms with Crippen LogP contribution >= 0.6 is 0 Å². The van der Waals surface area contributed by atoms with E-state index in [-0.39, 0.29) is 12.8 Å². The Hall–Kier alpha value is -0.950. The second-order valence-electron chi connectivity index (χ2n) is 4.33. The monoisotopic (exact) mass is 255 g/mol. The first kappa shape index (κ1) is 13.5. The van der Waals surface area contributed by atoms with Crippen molar-refractivity contribution in [3.8, 4) is 0 Å². The van der Waals surface area contributed by atoms with Gasteiger partial charge in [-0.1, -0.05) is 0 Å². The Morgan fingerprint density at radius 1 is 1.39 bits per heavy atom. The fourth-order valence-corrected chi connectivity index (χ4v) is 2.01. The molecule has 1 saturated heterocycles. The van der Waals surface area contributed by atoms with Crippen molar-refractivity contribution in [3.63, 3.8) is 0 Å². The summed E-state index contributed by atoms with van der Waals surface area (Å²) in [6.07, 6.45) is 5.77. The summed E-state index contributed by atoms with van der Waals surface area (Å²) in [5, 5.41) is 9.25. The number of aromatic nitrogens is 2. The number of imidazole rings is 1. The quantitative estimate of drug-likeness (QED) is 0.701. The van der Waals surface area contributed by atoms with E-state index in [1.807, 2.05) is 0 Å². The fourth-order valence-electron chi connectivity index (χ4n) is 2.01. The van der Waals surface area contributed by atoms with Crippen molar-refractivity contribution in [2.45, 2.75) is 12.6 Å². The fraction of sp³-hybridized carbons (Fsp3) is 0.750. The molecule has 0 radical (unpaired) electrons. The molecular weight excluding hydrogens is 234 g/mol. The molecule has 1 fully saturated rings. The Bertz CT molecular complexity index is 312. The number of morpholine rings is 1. The molecule has 18 heavy (non-hydrogen) atoms. The van der Waals surface area contributed by atoms with Gasteiger partial charge in [-0.3, -0.25) is 4.90 Å². The van der Waals surface area contributed by atoms with Crippen LogP contribution in [-0.2, 0) is 9.47 Å². The average molecular weight is 255 g/mol. The van der Waals surface area contributed by atoms with Crippen molar-refractivity contribution in [1.29, 1.82) is 0 Å². The molecule has 1 aliphatic heterocycles. The Kier molecular flexibility index (Phi) is 5.60. The van der Waals surface area contributed by atoms with Gasteiger partial charge in [0.05, 0.1) is 32.8 Å². The van der Waals surface area contributed by atoms with Crippen LogP contribution < -0.4 is 0 Å². The van der Waals surface area contributed by atoms with Crippen LogP contribution in [0.2, 0.25) is 0 Å². The molecule has 1 aromatic heterocycles. The molecule has 0 amide bonds. The number of ether oxygens (including phenoxy) is 2. The molecule has 0 saturated carbocycles. The van der Waals surface area contributed by atoms with Gasteiger partial charge in [-0.2, -0.15) is 0 Å². The molecule has 1 aromatic rings. The molecule has 2 rings (SSSR count). The first-order chi connectivity index (χ1) is 8.90. The van der Waals surface area contributed by atoms with E-state index in [4.69, 9.17) is 9.47 Å². The van der Waals surface area contributed by atoms with E-state index < -0.39 is 0 Å². The SMILES string of the molecule is OCC(OCCCN1CCOCC1)n1ccnc1. The van der Waals surface area contributed by atoms with Crippen LogP contribution in [0.3, 0.4) is 0 Å². The minimum atomic E-state index is -0.322. The molecule has 102 valence electrons. The molecule has 0 bridgehead atoms. The van der Waals surface area contributed by atoms with Gasteiger partial charge in [0.2, 0.25) is 0 Å². The van der Waals surface area contributed by atoms with E-state index in [0.717, 1.165) is 39.3 Å². The third kappa shape index (κ3) is 4.06. The van der Waals surface area contributed by atoms with Crippen molar-refractivity contribution in [1.82, 2.24) is 14.5 Å². The van der Waals surface area contributed by atoms with Crippen LogP contribution in [0.1, 0.15) is 12.6 Å². The summed E-state index contributed by atoms with van der Waals surface area (Å²) >= 11 is 0. The highest BCUT2D eigenvalue weighted by atomic mass is 16.5. The van der Waals surface area contributed by atoms with Crippen LogP contribution in [0, 0.1) is 0 Å². The summed E-state index contributed by atoms with van der Waals surface area (Å²) < 4.78 is 12.7. The zero-order chi connectivity index (χ0) is 12.6. The molecule has 1 N–H and O–H groups in total. The van der Waals surface area contributed by atoms with E-state index in [1.165, 1.54) is 0 Å². The predicted molar refractivity (Wildman–Crippen MR) is 66.2 cm³/mol. The van der Waals surface area contributed by atoms with Gasteiger partial charge in [0, 0.05) is 32.0 Å². The van der Waals surface area contributed by atoms with Gasteiger partial charge in [-0.05, 0) is 6.42 Å². The van der Waals surface area contributed by atoms with Crippen LogP contribution in [0.5, 0.6) is 0 Å². The number of nitrogens with zero attached hydrogens (tertiary/aromatic N) is 3. The lowest BCUT2D eigenvalue weighted by atomic mass is 10.3. The maximum absolute atomic E-state index is 9.25.